The summed E-state index contributed by atoms with van der Waals surface area (Å²) in [6.07, 6.45) is 0. The molecule has 0 aliphatic carbocycles. The molecule has 0 heterocycles. The number of anilines is 1. The second-order valence-corrected chi connectivity index (χ2v) is 7.93. The van der Waals surface area contributed by atoms with E-state index in [0.29, 0.717) is 11.3 Å². The zero-order valence-corrected chi connectivity index (χ0v) is 15.9. The zero-order chi connectivity index (χ0) is 20.1. The van der Waals surface area contributed by atoms with Crippen molar-refractivity contribution in [2.24, 2.45) is 0 Å². The SMILES string of the molecule is C[C@@H](NC(=O)c1ccc(S(=O)(=O)Nc2ccccc2)cc1)c1ccc(F)cc1. The van der Waals surface area contributed by atoms with E-state index in [1.807, 2.05) is 0 Å². The number of benzene rings is 3. The van der Waals surface area contributed by atoms with Gasteiger partial charge in [-0.05, 0) is 61.0 Å². The van der Waals surface area contributed by atoms with Gasteiger partial charge in [0.15, 0.2) is 0 Å². The number of nitrogens with one attached hydrogen (secondary N) is 2. The molecule has 0 unspecified atom stereocenters. The van der Waals surface area contributed by atoms with Gasteiger partial charge in [-0.1, -0.05) is 30.3 Å². The Kier molecular flexibility index (Phi) is 5.75. The van der Waals surface area contributed by atoms with Gasteiger partial charge in [0, 0.05) is 11.3 Å². The first-order valence-corrected chi connectivity index (χ1v) is 10.1. The van der Waals surface area contributed by atoms with Gasteiger partial charge in [-0.3, -0.25) is 9.52 Å². The lowest BCUT2D eigenvalue weighted by Gasteiger charge is -2.14. The highest BCUT2D eigenvalue weighted by Gasteiger charge is 2.16. The van der Waals surface area contributed by atoms with Crippen molar-refractivity contribution in [3.63, 3.8) is 0 Å². The van der Waals surface area contributed by atoms with Crippen LogP contribution in [0.25, 0.3) is 0 Å². The van der Waals surface area contributed by atoms with E-state index in [9.17, 15) is 17.6 Å². The Bertz CT molecular complexity index is 1050. The molecule has 144 valence electrons. The second kappa shape index (κ2) is 8.22. The van der Waals surface area contributed by atoms with Crippen molar-refractivity contribution in [1.82, 2.24) is 5.32 Å². The minimum absolute atomic E-state index is 0.0551. The molecule has 3 aromatic carbocycles. The van der Waals surface area contributed by atoms with E-state index in [0.717, 1.165) is 5.56 Å². The quantitative estimate of drug-likeness (QED) is 0.656. The Hall–Kier alpha value is -3.19. The second-order valence-electron chi connectivity index (χ2n) is 6.24. The van der Waals surface area contributed by atoms with Crippen LogP contribution in [0.1, 0.15) is 28.9 Å². The minimum Gasteiger partial charge on any atom is -0.346 e. The van der Waals surface area contributed by atoms with Crippen LogP contribution in [-0.2, 0) is 10.0 Å². The van der Waals surface area contributed by atoms with Crippen molar-refractivity contribution >= 4 is 21.6 Å². The molecule has 5 nitrogen and oxygen atoms in total. The lowest BCUT2D eigenvalue weighted by Crippen LogP contribution is -2.26. The Labute approximate surface area is 163 Å². The summed E-state index contributed by atoms with van der Waals surface area (Å²) in [5.74, 6) is -0.694. The number of amides is 1. The molecular weight excluding hydrogens is 379 g/mol. The molecule has 0 radical (unpaired) electrons. The average Bonchev–Trinajstić information content (AvgIpc) is 2.69. The van der Waals surface area contributed by atoms with Gasteiger partial charge in [0.1, 0.15) is 5.82 Å². The minimum atomic E-state index is -3.74. The standard InChI is InChI=1S/C21H19FN2O3S/c1-15(16-7-11-18(22)12-8-16)23-21(25)17-9-13-20(14-10-17)28(26,27)24-19-5-3-2-4-6-19/h2-15,24H,1H3,(H,23,25)/t15-/m1/s1. The number of sulfonamides is 1. The molecule has 2 N–H and O–H groups in total. The number of para-hydroxylation sites is 1. The molecule has 3 aromatic rings. The number of carbonyl (C=O) groups excluding carboxylic acids is 1. The predicted molar refractivity (Wildman–Crippen MR) is 106 cm³/mol. The Morgan fingerprint density at radius 1 is 0.893 bits per heavy atom. The fourth-order valence-corrected chi connectivity index (χ4v) is 3.68. The summed E-state index contributed by atoms with van der Waals surface area (Å²) in [5.41, 5.74) is 1.55. The summed E-state index contributed by atoms with van der Waals surface area (Å²) in [6, 6.07) is 19.7. The number of hydrogen-bond acceptors (Lipinski definition) is 3. The van der Waals surface area contributed by atoms with E-state index < -0.39 is 10.0 Å². The highest BCUT2D eigenvalue weighted by molar-refractivity contribution is 7.92. The van der Waals surface area contributed by atoms with Gasteiger partial charge in [-0.2, -0.15) is 0 Å². The first-order chi connectivity index (χ1) is 13.3. The zero-order valence-electron chi connectivity index (χ0n) is 15.1. The molecule has 0 fully saturated rings. The summed E-state index contributed by atoms with van der Waals surface area (Å²) in [4.78, 5) is 12.5. The van der Waals surface area contributed by atoms with Gasteiger partial charge < -0.3 is 5.32 Å². The molecule has 7 heteroatoms. The van der Waals surface area contributed by atoms with Crippen molar-refractivity contribution in [3.8, 4) is 0 Å². The van der Waals surface area contributed by atoms with Crippen molar-refractivity contribution in [3.05, 3.63) is 95.8 Å². The fourth-order valence-electron chi connectivity index (χ4n) is 2.62. The molecule has 28 heavy (non-hydrogen) atoms. The van der Waals surface area contributed by atoms with Gasteiger partial charge in [-0.15, -0.1) is 0 Å². The average molecular weight is 398 g/mol. The van der Waals surface area contributed by atoms with Crippen LogP contribution in [0.5, 0.6) is 0 Å². The van der Waals surface area contributed by atoms with E-state index in [2.05, 4.69) is 10.0 Å². The molecule has 0 aliphatic rings. The smallest absolute Gasteiger partial charge is 0.261 e. The Morgan fingerprint density at radius 3 is 2.11 bits per heavy atom. The molecule has 0 aliphatic heterocycles. The van der Waals surface area contributed by atoms with E-state index in [-0.39, 0.29) is 22.7 Å². The van der Waals surface area contributed by atoms with E-state index in [1.165, 1.54) is 36.4 Å². The van der Waals surface area contributed by atoms with Crippen LogP contribution in [0.15, 0.2) is 83.8 Å². The lowest BCUT2D eigenvalue weighted by molar-refractivity contribution is 0.0940. The van der Waals surface area contributed by atoms with Crippen LogP contribution in [0.3, 0.4) is 0 Å². The molecule has 0 bridgehead atoms. The number of hydrogen-bond donors (Lipinski definition) is 2. The van der Waals surface area contributed by atoms with Crippen LogP contribution in [0.2, 0.25) is 0 Å². The topological polar surface area (TPSA) is 75.3 Å². The van der Waals surface area contributed by atoms with E-state index >= 15 is 0 Å². The normalized spacial score (nSPS) is 12.2. The Morgan fingerprint density at radius 2 is 1.50 bits per heavy atom. The first-order valence-electron chi connectivity index (χ1n) is 8.59. The first kappa shape index (κ1) is 19.6. The van der Waals surface area contributed by atoms with Crippen molar-refractivity contribution in [1.29, 1.82) is 0 Å². The van der Waals surface area contributed by atoms with Crippen LogP contribution in [0.4, 0.5) is 10.1 Å². The maximum Gasteiger partial charge on any atom is 0.261 e. The molecule has 0 spiro atoms. The molecule has 0 saturated heterocycles. The van der Waals surface area contributed by atoms with Crippen LogP contribution >= 0.6 is 0 Å². The molecule has 1 atom stereocenters. The molecule has 3 rings (SSSR count). The lowest BCUT2D eigenvalue weighted by atomic mass is 10.1. The van der Waals surface area contributed by atoms with Gasteiger partial charge >= 0.3 is 0 Å². The van der Waals surface area contributed by atoms with Gasteiger partial charge in [0.2, 0.25) is 0 Å². The number of halogens is 1. The molecule has 1 amide bonds. The monoisotopic (exact) mass is 398 g/mol. The van der Waals surface area contributed by atoms with Gasteiger partial charge in [-0.25, -0.2) is 12.8 Å². The van der Waals surface area contributed by atoms with Crippen molar-refractivity contribution in [2.45, 2.75) is 17.9 Å². The highest BCUT2D eigenvalue weighted by Crippen LogP contribution is 2.18. The van der Waals surface area contributed by atoms with E-state index in [4.69, 9.17) is 0 Å². The third kappa shape index (κ3) is 4.75. The maximum atomic E-state index is 13.0. The highest BCUT2D eigenvalue weighted by atomic mass is 32.2. The summed E-state index contributed by atoms with van der Waals surface area (Å²) >= 11 is 0. The van der Waals surface area contributed by atoms with Crippen LogP contribution in [0, 0.1) is 5.82 Å². The van der Waals surface area contributed by atoms with Crippen molar-refractivity contribution < 1.29 is 17.6 Å². The Balaban J connectivity index is 1.69. The summed E-state index contributed by atoms with van der Waals surface area (Å²) < 4.78 is 40.4. The molecule has 0 saturated carbocycles. The van der Waals surface area contributed by atoms with Crippen molar-refractivity contribution in [2.75, 3.05) is 4.72 Å². The summed E-state index contributed by atoms with van der Waals surface area (Å²) in [7, 11) is -3.74. The number of carbonyl (C=O) groups is 1. The number of rotatable bonds is 6. The van der Waals surface area contributed by atoms with Gasteiger partial charge in [0.05, 0.1) is 10.9 Å². The molecule has 0 aromatic heterocycles. The largest absolute Gasteiger partial charge is 0.346 e. The van der Waals surface area contributed by atoms with E-state index in [1.54, 1.807) is 49.4 Å². The van der Waals surface area contributed by atoms with Gasteiger partial charge in [0.25, 0.3) is 15.9 Å². The predicted octanol–water partition coefficient (Wildman–Crippen LogP) is 4.12. The molecular formula is C21H19FN2O3S. The third-order valence-corrected chi connectivity index (χ3v) is 5.57. The summed E-state index contributed by atoms with van der Waals surface area (Å²) in [6.45, 7) is 1.79. The summed E-state index contributed by atoms with van der Waals surface area (Å²) in [5, 5.41) is 2.80. The third-order valence-electron chi connectivity index (χ3n) is 4.17. The van der Waals surface area contributed by atoms with Crippen LogP contribution < -0.4 is 10.0 Å². The maximum absolute atomic E-state index is 13.0. The fraction of sp³-hybridized carbons (Fsp3) is 0.0952. The van der Waals surface area contributed by atoms with Crippen LogP contribution in [-0.4, -0.2) is 14.3 Å².